The predicted octanol–water partition coefficient (Wildman–Crippen LogP) is 10.2. The van der Waals surface area contributed by atoms with Crippen LogP contribution in [0.25, 0.3) is 0 Å². The van der Waals surface area contributed by atoms with Crippen LogP contribution >= 0.6 is 0 Å². The molecule has 2 saturated carbocycles. The normalized spacial score (nSPS) is 34.8. The molecule has 0 amide bonds. The van der Waals surface area contributed by atoms with Gasteiger partial charge in [0.1, 0.15) is 0 Å². The summed E-state index contributed by atoms with van der Waals surface area (Å²) in [7, 11) is 0. The Labute approximate surface area is 412 Å². The van der Waals surface area contributed by atoms with Gasteiger partial charge in [0.05, 0.1) is 0 Å². The average molecular weight is 1010 g/mol. The number of benzene rings is 2. The monoisotopic (exact) mass is 1010 g/mol. The van der Waals surface area contributed by atoms with Crippen LogP contribution in [-0.2, 0) is 36.6 Å². The molecule has 9 atom stereocenters. The Balaban J connectivity index is 0.000000228. The Kier molecular flexibility index (Phi) is 15.7. The summed E-state index contributed by atoms with van der Waals surface area (Å²) in [5.41, 5.74) is 2.38. The van der Waals surface area contributed by atoms with Gasteiger partial charge in [0.2, 0.25) is 0 Å². The van der Waals surface area contributed by atoms with Crippen molar-refractivity contribution in [1.29, 1.82) is 0 Å². The first-order chi connectivity index (χ1) is 29.0. The molecule has 9 unspecified atom stereocenters. The Morgan fingerprint density at radius 2 is 1.15 bits per heavy atom. The van der Waals surface area contributed by atoms with Gasteiger partial charge in [-0.15, -0.1) is 17.4 Å². The zero-order chi connectivity index (χ0) is 46.9. The second-order valence-corrected chi connectivity index (χ2v) is 22.0. The molecule has 2 aromatic carbocycles. The van der Waals surface area contributed by atoms with E-state index in [9.17, 15) is 26.3 Å². The molecule has 0 aliphatic heterocycles. The molecule has 0 bridgehead atoms. The van der Waals surface area contributed by atoms with Gasteiger partial charge in [0, 0.05) is 10.8 Å². The smallest absolute Gasteiger partial charge is 1.00 e. The van der Waals surface area contributed by atoms with E-state index in [1.54, 1.807) is 0 Å². The van der Waals surface area contributed by atoms with Gasteiger partial charge in [-0.25, -0.2) is 6.08 Å². The molecule has 0 aromatic heterocycles. The van der Waals surface area contributed by atoms with Crippen molar-refractivity contribution < 1.29 is 75.4 Å². The molecule has 0 nitrogen and oxygen atoms in total. The van der Waals surface area contributed by atoms with Crippen LogP contribution in [0.4, 0.5) is 26.3 Å². The molecule has 0 heterocycles. The van der Waals surface area contributed by atoms with Gasteiger partial charge in [0.15, 0.2) is 0 Å². The molecular weight excluding hydrogens is 949 g/mol. The molecule has 2 fully saturated rings. The van der Waals surface area contributed by atoms with Crippen molar-refractivity contribution in [2.24, 2.45) is 55.2 Å². The molecule has 6 aliphatic rings. The van der Waals surface area contributed by atoms with Crippen LogP contribution in [0.2, 0.25) is 0 Å². The summed E-state index contributed by atoms with van der Waals surface area (Å²) in [6.45, 7) is 29.3. The fraction of sp³-hybridized carbons (Fsp3) is 0.464. The largest absolute Gasteiger partial charge is 1.00 e. The van der Waals surface area contributed by atoms with Gasteiger partial charge in [-0.3, -0.25) is 6.08 Å². The summed E-state index contributed by atoms with van der Waals surface area (Å²) in [5, 5.41) is 0. The van der Waals surface area contributed by atoms with E-state index in [0.29, 0.717) is 20.5 Å². The van der Waals surface area contributed by atoms with Gasteiger partial charge >= 0.3 is 137 Å². The van der Waals surface area contributed by atoms with Crippen LogP contribution in [0.15, 0.2) is 139 Å². The summed E-state index contributed by atoms with van der Waals surface area (Å²) in [4.78, 5) is 0. The van der Waals surface area contributed by atoms with Crippen molar-refractivity contribution >= 4 is 3.21 Å². The van der Waals surface area contributed by atoms with E-state index < -0.39 is 23.5 Å². The number of allylic oxidation sites excluding steroid dienone is 16. The third-order valence-electron chi connectivity index (χ3n) is 17.3. The molecule has 0 spiro atoms. The van der Waals surface area contributed by atoms with Crippen molar-refractivity contribution in [2.45, 2.75) is 108 Å². The fourth-order valence-electron chi connectivity index (χ4n) is 12.6. The first kappa shape index (κ1) is 54.9. The second-order valence-electron chi connectivity index (χ2n) is 20.8. The summed E-state index contributed by atoms with van der Waals surface area (Å²) >= 11 is 0.729. The number of hydrogen-bond donors (Lipinski definition) is 0. The van der Waals surface area contributed by atoms with Crippen molar-refractivity contribution in [3.8, 4) is 0 Å². The number of alkyl halides is 6. The quantitative estimate of drug-likeness (QED) is 0.212. The van der Waals surface area contributed by atoms with Crippen LogP contribution in [0.3, 0.4) is 0 Å². The zero-order valence-corrected chi connectivity index (χ0v) is 43.8. The fourth-order valence-corrected chi connectivity index (χ4v) is 13.3. The SMILES string of the molecule is CC1=CC=CC2[CH-]C3(C)C4(C)C=CC=CC4(C)C4(C)C=CC=CC4(C)C3(C)C12C.CCCC1[C-]=CC(C(C)(C)C)=C1.FC(F)(F)c1cccc([C](=[Zr+2])c2cccc(C(F)(F)F)c2)c1.[Cl-].[Cl-]. The Morgan fingerprint density at radius 3 is 1.60 bits per heavy atom. The van der Waals surface area contributed by atoms with E-state index in [2.05, 4.69) is 175 Å². The van der Waals surface area contributed by atoms with Crippen LogP contribution in [0.1, 0.15) is 118 Å². The number of halogens is 8. The third-order valence-corrected chi connectivity index (χ3v) is 18.7. The van der Waals surface area contributed by atoms with Gasteiger partial charge in [-0.05, 0) is 28.6 Å². The summed E-state index contributed by atoms with van der Waals surface area (Å²) in [6, 6.07) is 9.16. The molecule has 6 aliphatic carbocycles. The molecular formula is C56H64Cl2F6Zr-2. The Morgan fingerprint density at radius 1 is 0.692 bits per heavy atom. The van der Waals surface area contributed by atoms with Gasteiger partial charge < -0.3 is 31.2 Å². The third kappa shape index (κ3) is 8.49. The van der Waals surface area contributed by atoms with Crippen LogP contribution < -0.4 is 24.8 Å². The molecule has 2 aromatic rings. The van der Waals surface area contributed by atoms with Crippen LogP contribution in [0.5, 0.6) is 0 Å². The minimum Gasteiger partial charge on any atom is -1.00 e. The number of fused-ring (bicyclic) bond motifs is 8. The molecule has 0 N–H and O–H groups in total. The van der Waals surface area contributed by atoms with E-state index in [-0.39, 0.29) is 73.8 Å². The molecule has 9 heteroatoms. The van der Waals surface area contributed by atoms with Crippen LogP contribution in [-0.4, -0.2) is 3.21 Å². The molecule has 8 rings (SSSR count). The maximum atomic E-state index is 12.7. The average Bonchev–Trinajstić information content (AvgIpc) is 3.77. The number of rotatable bonds is 4. The first-order valence-corrected chi connectivity index (χ1v) is 23.5. The Hall–Kier alpha value is -2.73. The van der Waals surface area contributed by atoms with Gasteiger partial charge in [-0.1, -0.05) is 167 Å². The van der Waals surface area contributed by atoms with E-state index in [1.807, 2.05) is 0 Å². The Bertz CT molecular complexity index is 2310. The zero-order valence-electron chi connectivity index (χ0n) is 39.8. The van der Waals surface area contributed by atoms with Crippen LogP contribution in [0, 0.1) is 67.7 Å². The van der Waals surface area contributed by atoms with Gasteiger partial charge in [0.25, 0.3) is 0 Å². The minimum atomic E-state index is -4.49. The minimum absolute atomic E-state index is 0. The van der Waals surface area contributed by atoms with E-state index in [4.69, 9.17) is 0 Å². The summed E-state index contributed by atoms with van der Waals surface area (Å²) in [6.07, 6.45) is 30.7. The predicted molar refractivity (Wildman–Crippen MR) is 244 cm³/mol. The molecule has 350 valence electrons. The maximum absolute atomic E-state index is 12.7. The molecule has 65 heavy (non-hydrogen) atoms. The van der Waals surface area contributed by atoms with Gasteiger partial charge in [-0.2, -0.15) is 11.6 Å². The van der Waals surface area contributed by atoms with Crippen molar-refractivity contribution in [3.05, 3.63) is 173 Å². The van der Waals surface area contributed by atoms with Crippen molar-refractivity contribution in [3.63, 3.8) is 0 Å². The second kappa shape index (κ2) is 18.6. The van der Waals surface area contributed by atoms with E-state index >= 15 is 0 Å². The summed E-state index contributed by atoms with van der Waals surface area (Å²) in [5.74, 6) is 1.05. The standard InChI is InChI=1S/C29H37.C15H8F6.C12H19.2ClH.Zr/c1-21-14-13-15-22-20-27(6)25(4)18-10-9-16-23(25,2)24(3)17-11-12-19-26(24,5)29(27,8)28(21,22)7;16-14(17,18)12-5-1-3-10(8-12)7-11-4-2-6-13(9-11)15(19,20)21;1-5-6-10-7-8-11(9-10)12(2,3)4;;;/h9-20,22H,1-8H3;1-6,8-9H;8-10H,5-6H2,1-4H3;2*1H;/q-1;;-1;;;+2/p-2. The molecule has 0 saturated heterocycles. The van der Waals surface area contributed by atoms with E-state index in [1.165, 1.54) is 48.3 Å². The van der Waals surface area contributed by atoms with Crippen molar-refractivity contribution in [1.82, 2.24) is 0 Å². The van der Waals surface area contributed by atoms with Crippen molar-refractivity contribution in [2.75, 3.05) is 0 Å². The first-order valence-electron chi connectivity index (χ1n) is 22.2. The topological polar surface area (TPSA) is 0 Å². The summed E-state index contributed by atoms with van der Waals surface area (Å²) < 4.78 is 76.7. The number of hydrogen-bond acceptors (Lipinski definition) is 0. The maximum Gasteiger partial charge on any atom is -1.00 e. The van der Waals surface area contributed by atoms with E-state index in [0.717, 1.165) is 48.5 Å². The molecule has 0 radical (unpaired) electrons.